The normalized spacial score (nSPS) is 13.8. The number of benzene rings is 1. The Kier molecular flexibility index (Phi) is 3.26. The summed E-state index contributed by atoms with van der Waals surface area (Å²) in [6.07, 6.45) is 0.889. The van der Waals surface area contributed by atoms with E-state index in [4.69, 9.17) is 4.65 Å². The van der Waals surface area contributed by atoms with Gasteiger partial charge in [0.2, 0.25) is 0 Å². The van der Waals surface area contributed by atoms with E-state index in [1.54, 1.807) is 12.1 Å². The second-order valence-electron chi connectivity index (χ2n) is 3.80. The van der Waals surface area contributed by atoms with Crippen molar-refractivity contribution in [1.82, 2.24) is 5.32 Å². The molecule has 1 heterocycles. The van der Waals surface area contributed by atoms with Gasteiger partial charge in [-0.15, -0.1) is 0 Å². The third-order valence-corrected chi connectivity index (χ3v) is 2.62. The third kappa shape index (κ3) is 1.96. The maximum Gasteiger partial charge on any atom is 0.492 e. The summed E-state index contributed by atoms with van der Waals surface area (Å²) in [5, 5.41) is 12.4. The molecular formula is C11H14BNO3. The van der Waals surface area contributed by atoms with Crippen molar-refractivity contribution in [3.05, 3.63) is 29.3 Å². The van der Waals surface area contributed by atoms with Crippen molar-refractivity contribution in [1.29, 1.82) is 0 Å². The van der Waals surface area contributed by atoms with Gasteiger partial charge in [-0.05, 0) is 18.1 Å². The van der Waals surface area contributed by atoms with E-state index in [2.05, 4.69) is 5.32 Å². The van der Waals surface area contributed by atoms with E-state index in [9.17, 15) is 9.82 Å². The number of rotatable bonds is 3. The second-order valence-corrected chi connectivity index (χ2v) is 3.80. The van der Waals surface area contributed by atoms with Gasteiger partial charge in [0.25, 0.3) is 5.91 Å². The van der Waals surface area contributed by atoms with Gasteiger partial charge >= 0.3 is 7.12 Å². The summed E-state index contributed by atoms with van der Waals surface area (Å²) in [4.78, 5) is 11.8. The lowest BCUT2D eigenvalue weighted by Crippen LogP contribution is -2.37. The number of carbonyl (C=O) groups is 1. The maximum absolute atomic E-state index is 11.8. The number of hydrogen-bond donors (Lipinski definition) is 2. The van der Waals surface area contributed by atoms with Crippen molar-refractivity contribution in [2.45, 2.75) is 20.0 Å². The van der Waals surface area contributed by atoms with Crippen LogP contribution >= 0.6 is 0 Å². The van der Waals surface area contributed by atoms with Crippen LogP contribution in [0.1, 0.15) is 29.3 Å². The molecule has 0 unspecified atom stereocenters. The lowest BCUT2D eigenvalue weighted by molar-refractivity contribution is 0.0954. The molecule has 0 atom stereocenters. The van der Waals surface area contributed by atoms with E-state index < -0.39 is 7.12 Å². The fourth-order valence-electron chi connectivity index (χ4n) is 1.81. The van der Waals surface area contributed by atoms with E-state index in [0.29, 0.717) is 24.2 Å². The summed E-state index contributed by atoms with van der Waals surface area (Å²) < 4.78 is 5.09. The van der Waals surface area contributed by atoms with Crippen LogP contribution in [0, 0.1) is 0 Å². The van der Waals surface area contributed by atoms with Crippen molar-refractivity contribution < 1.29 is 14.5 Å². The fraction of sp³-hybridized carbons (Fsp3) is 0.364. The molecule has 1 aromatic rings. The van der Waals surface area contributed by atoms with E-state index in [0.717, 1.165) is 12.0 Å². The first-order valence-corrected chi connectivity index (χ1v) is 5.43. The van der Waals surface area contributed by atoms with Crippen molar-refractivity contribution in [3.63, 3.8) is 0 Å². The highest BCUT2D eigenvalue weighted by Crippen LogP contribution is 2.12. The molecule has 0 bridgehead atoms. The van der Waals surface area contributed by atoms with Crippen LogP contribution in [0.15, 0.2) is 18.2 Å². The summed E-state index contributed by atoms with van der Waals surface area (Å²) in [5.74, 6) is -0.150. The number of carbonyl (C=O) groups excluding carboxylic acids is 1. The van der Waals surface area contributed by atoms with E-state index in [-0.39, 0.29) is 5.91 Å². The predicted molar refractivity (Wildman–Crippen MR) is 61.5 cm³/mol. The van der Waals surface area contributed by atoms with Gasteiger partial charge in [0.15, 0.2) is 0 Å². The average molecular weight is 219 g/mol. The molecule has 0 saturated carbocycles. The molecule has 0 aliphatic carbocycles. The number of amides is 1. The van der Waals surface area contributed by atoms with Gasteiger partial charge in [-0.3, -0.25) is 4.79 Å². The van der Waals surface area contributed by atoms with Crippen LogP contribution in [0.3, 0.4) is 0 Å². The van der Waals surface area contributed by atoms with E-state index >= 15 is 0 Å². The predicted octanol–water partition coefficient (Wildman–Crippen LogP) is 0.0441. The molecule has 2 rings (SSSR count). The van der Waals surface area contributed by atoms with Crippen LogP contribution in [0.5, 0.6) is 0 Å². The summed E-state index contributed by atoms with van der Waals surface area (Å²) in [7, 11) is -0.974. The molecule has 0 aromatic heterocycles. The highest BCUT2D eigenvalue weighted by molar-refractivity contribution is 6.63. The van der Waals surface area contributed by atoms with Crippen LogP contribution in [0.2, 0.25) is 0 Å². The molecule has 16 heavy (non-hydrogen) atoms. The zero-order valence-corrected chi connectivity index (χ0v) is 9.19. The van der Waals surface area contributed by atoms with Crippen molar-refractivity contribution in [3.8, 4) is 0 Å². The molecule has 0 radical (unpaired) electrons. The topological polar surface area (TPSA) is 58.6 Å². The first-order chi connectivity index (χ1) is 7.74. The Morgan fingerprint density at radius 1 is 1.62 bits per heavy atom. The Balaban J connectivity index is 2.28. The van der Waals surface area contributed by atoms with Gasteiger partial charge in [-0.25, -0.2) is 0 Å². The SMILES string of the molecule is CCCNC(=O)c1cccc2c1B(O)OC2. The quantitative estimate of drug-likeness (QED) is 0.706. The fourth-order valence-corrected chi connectivity index (χ4v) is 1.81. The summed E-state index contributed by atoms with van der Waals surface area (Å²) >= 11 is 0. The van der Waals surface area contributed by atoms with Gasteiger partial charge in [0.05, 0.1) is 6.61 Å². The Labute approximate surface area is 94.8 Å². The van der Waals surface area contributed by atoms with Crippen molar-refractivity contribution >= 4 is 18.5 Å². The summed E-state index contributed by atoms with van der Waals surface area (Å²) in [5.41, 5.74) is 2.00. The summed E-state index contributed by atoms with van der Waals surface area (Å²) in [6, 6.07) is 5.38. The average Bonchev–Trinajstić information content (AvgIpc) is 2.68. The number of fused-ring (bicyclic) bond motifs is 1. The molecule has 2 N–H and O–H groups in total. The van der Waals surface area contributed by atoms with Crippen LogP contribution in [0.25, 0.3) is 0 Å². The second kappa shape index (κ2) is 4.68. The molecule has 84 valence electrons. The highest BCUT2D eigenvalue weighted by Gasteiger charge is 2.31. The van der Waals surface area contributed by atoms with Gasteiger partial charge < -0.3 is 15.0 Å². The van der Waals surface area contributed by atoms with Crippen LogP contribution in [0.4, 0.5) is 0 Å². The number of hydrogen-bond acceptors (Lipinski definition) is 3. The van der Waals surface area contributed by atoms with E-state index in [1.807, 2.05) is 13.0 Å². The molecule has 1 aliphatic heterocycles. The largest absolute Gasteiger partial charge is 0.492 e. The van der Waals surface area contributed by atoms with E-state index in [1.165, 1.54) is 0 Å². The molecule has 0 saturated heterocycles. The Hall–Kier alpha value is -1.33. The van der Waals surface area contributed by atoms with Gasteiger partial charge in [-0.1, -0.05) is 19.1 Å². The van der Waals surface area contributed by atoms with Crippen molar-refractivity contribution in [2.75, 3.05) is 6.54 Å². The minimum Gasteiger partial charge on any atom is -0.423 e. The van der Waals surface area contributed by atoms with Crippen LogP contribution in [-0.4, -0.2) is 24.6 Å². The molecule has 0 spiro atoms. The Morgan fingerprint density at radius 2 is 2.44 bits per heavy atom. The van der Waals surface area contributed by atoms with Gasteiger partial charge in [0, 0.05) is 17.6 Å². The lowest BCUT2D eigenvalue weighted by Gasteiger charge is -2.08. The van der Waals surface area contributed by atoms with Crippen molar-refractivity contribution in [2.24, 2.45) is 0 Å². The summed E-state index contributed by atoms with van der Waals surface area (Å²) in [6.45, 7) is 3.00. The molecule has 1 amide bonds. The third-order valence-electron chi connectivity index (χ3n) is 2.62. The van der Waals surface area contributed by atoms with Crippen LogP contribution < -0.4 is 10.8 Å². The minimum absolute atomic E-state index is 0.150. The lowest BCUT2D eigenvalue weighted by atomic mass is 9.76. The standard InChI is InChI=1S/C11H14BNO3/c1-2-6-13-11(14)9-5-3-4-8-7-16-12(15)10(8)9/h3-5,15H,2,6-7H2,1H3,(H,13,14). The molecule has 0 fully saturated rings. The maximum atomic E-state index is 11.8. The first-order valence-electron chi connectivity index (χ1n) is 5.43. The monoisotopic (exact) mass is 219 g/mol. The van der Waals surface area contributed by atoms with Crippen LogP contribution in [-0.2, 0) is 11.3 Å². The zero-order valence-electron chi connectivity index (χ0n) is 9.19. The van der Waals surface area contributed by atoms with Gasteiger partial charge in [-0.2, -0.15) is 0 Å². The Morgan fingerprint density at radius 3 is 3.19 bits per heavy atom. The Bertz CT molecular complexity index is 408. The highest BCUT2D eigenvalue weighted by atomic mass is 16.5. The molecule has 5 heteroatoms. The zero-order chi connectivity index (χ0) is 11.5. The minimum atomic E-state index is -0.974. The molecule has 1 aliphatic rings. The molecule has 4 nitrogen and oxygen atoms in total. The smallest absolute Gasteiger partial charge is 0.423 e. The molecular weight excluding hydrogens is 205 g/mol. The van der Waals surface area contributed by atoms with Gasteiger partial charge in [0.1, 0.15) is 0 Å². The molecule has 1 aromatic carbocycles. The number of nitrogens with one attached hydrogen (secondary N) is 1. The first kappa shape index (κ1) is 11.2.